The number of nitrogens with zero attached hydrogens (tertiary/aromatic N) is 1. The Kier molecular flexibility index (Phi) is 45.7. The molecular weight excluding hydrogens is 1390 g/mol. The number of benzene rings is 5. The van der Waals surface area contributed by atoms with Crippen molar-refractivity contribution < 1.29 is 22.6 Å². The number of para-hydroxylation sites is 3. The third-order valence-electron chi connectivity index (χ3n) is 15.7. The molecule has 0 radical (unpaired) electrons. The molecule has 564 valence electrons. The molecule has 9 rings (SSSR count). The number of halogens is 2. The average molecular weight is 1530 g/mol. The number of ether oxygens (including phenoxy) is 3. The smallest absolute Gasteiger partial charge is 0.262 e. The molecule has 3 N–H and O–H groups in total. The summed E-state index contributed by atoms with van der Waals surface area (Å²) in [5.41, 5.74) is 9.15. The van der Waals surface area contributed by atoms with Gasteiger partial charge in [0, 0.05) is 43.5 Å². The predicted octanol–water partition coefficient (Wildman–Crippen LogP) is 25.7. The van der Waals surface area contributed by atoms with Crippen molar-refractivity contribution in [2.45, 2.75) is 276 Å². The number of hydrogen-bond acceptors (Lipinski definition) is 8. The molecule has 0 spiro atoms. The van der Waals surface area contributed by atoms with Crippen LogP contribution in [0.1, 0.15) is 263 Å². The minimum absolute atomic E-state index is 0. The second-order valence-corrected chi connectivity index (χ2v) is 34.5. The van der Waals surface area contributed by atoms with Gasteiger partial charge < -0.3 is 24.2 Å². The van der Waals surface area contributed by atoms with Gasteiger partial charge in [-0.05, 0) is 202 Å². The van der Waals surface area contributed by atoms with Crippen molar-refractivity contribution in [2.75, 3.05) is 13.2 Å². The molecule has 0 atom stereocenters. The highest BCUT2D eigenvalue weighted by Crippen LogP contribution is 2.37. The molecule has 11 nitrogen and oxygen atoms in total. The first kappa shape index (κ1) is 98.7. The Morgan fingerprint density at radius 1 is 0.540 bits per heavy atom. The van der Waals surface area contributed by atoms with E-state index in [9.17, 15) is 18.0 Å². The van der Waals surface area contributed by atoms with Crippen molar-refractivity contribution in [3.63, 3.8) is 0 Å². The summed E-state index contributed by atoms with van der Waals surface area (Å²) in [7, 11) is -2.94. The molecule has 0 bridgehead atoms. The molecular formula is C86H138Br2N4O7S. The van der Waals surface area contributed by atoms with Crippen LogP contribution in [-0.4, -0.2) is 65.7 Å². The van der Waals surface area contributed by atoms with Crippen LogP contribution in [0.4, 0.5) is 0 Å². The van der Waals surface area contributed by atoms with Crippen LogP contribution in [0.3, 0.4) is 0 Å². The van der Waals surface area contributed by atoms with E-state index >= 15 is 0 Å². The molecule has 1 aliphatic rings. The summed E-state index contributed by atoms with van der Waals surface area (Å²) in [6.45, 7) is 57.4. The van der Waals surface area contributed by atoms with E-state index in [1.807, 2.05) is 131 Å². The quantitative estimate of drug-likeness (QED) is 0.0917. The van der Waals surface area contributed by atoms with Crippen LogP contribution in [0, 0.1) is 22.2 Å². The van der Waals surface area contributed by atoms with Crippen molar-refractivity contribution >= 4 is 74.6 Å². The number of aromatic nitrogens is 3. The summed E-state index contributed by atoms with van der Waals surface area (Å²) in [5.74, 6) is 3.36. The third kappa shape index (κ3) is 38.7. The van der Waals surface area contributed by atoms with E-state index in [1.54, 1.807) is 0 Å². The Bertz CT molecular complexity index is 3770. The second kappa shape index (κ2) is 46.3. The Balaban J connectivity index is -0.00000109. The van der Waals surface area contributed by atoms with Crippen molar-refractivity contribution in [1.29, 1.82) is 0 Å². The molecule has 3 aromatic heterocycles. The maximum absolute atomic E-state index is 12.1. The molecule has 1 saturated carbocycles. The number of H-pyrrole nitrogens is 2. The van der Waals surface area contributed by atoms with Crippen LogP contribution in [0.25, 0.3) is 43.8 Å². The number of pyridine rings is 3. The topological polar surface area (TPSA) is 152 Å². The Hall–Kier alpha value is -5.48. The lowest BCUT2D eigenvalue weighted by molar-refractivity contribution is -0.0745. The molecule has 8 aromatic rings. The number of hydrogen-bond donors (Lipinski definition) is 3. The van der Waals surface area contributed by atoms with Gasteiger partial charge in [0.05, 0.1) is 46.3 Å². The highest BCUT2D eigenvalue weighted by molar-refractivity contribution is 9.10. The fourth-order valence-corrected chi connectivity index (χ4v) is 10.3. The molecule has 1 fully saturated rings. The van der Waals surface area contributed by atoms with E-state index in [1.165, 1.54) is 28.5 Å². The zero-order valence-electron chi connectivity index (χ0n) is 63.4. The van der Waals surface area contributed by atoms with Gasteiger partial charge in [-0.1, -0.05) is 261 Å². The Labute approximate surface area is 626 Å². The first-order valence-corrected chi connectivity index (χ1v) is 37.6. The summed E-state index contributed by atoms with van der Waals surface area (Å²) < 4.78 is 43.4. The Morgan fingerprint density at radius 3 is 1.42 bits per heavy atom. The van der Waals surface area contributed by atoms with E-state index in [4.69, 9.17) is 14.2 Å². The number of rotatable bonds is 15. The molecule has 0 aliphatic heterocycles. The summed E-state index contributed by atoms with van der Waals surface area (Å²) in [4.78, 5) is 33.5. The summed E-state index contributed by atoms with van der Waals surface area (Å²) in [6.07, 6.45) is 3.43. The maximum Gasteiger partial charge on any atom is 0.262 e. The van der Waals surface area contributed by atoms with Crippen LogP contribution >= 0.6 is 31.9 Å². The zero-order chi connectivity index (χ0) is 73.1. The molecule has 100 heavy (non-hydrogen) atoms. The van der Waals surface area contributed by atoms with Gasteiger partial charge in [-0.25, -0.2) is 18.1 Å². The SMILES string of the molecule is C.C.C.C.CC(C)(C)C(C)(C)C.CC(C)NS(=O)(=O)C1CC1.CC(C)OCC(C)(C)COC(C)(C)C.CC(C)Oc1nc2ccccc2cc1C(C)C.CC(C)c1cccc(C(C)C)c1.CCC(C)C.O=c1[nH]c2ccccc2cc1-c1cccc(Br)c1.O=c1[nH]c2ccccc2cc1Br. The average Bonchev–Trinajstić information content (AvgIpc) is 1.01. The van der Waals surface area contributed by atoms with Crippen molar-refractivity contribution in [3.8, 4) is 17.0 Å². The predicted molar refractivity (Wildman–Crippen MR) is 448 cm³/mol. The van der Waals surface area contributed by atoms with Crippen molar-refractivity contribution in [1.82, 2.24) is 19.7 Å². The van der Waals surface area contributed by atoms with Crippen LogP contribution in [-0.2, 0) is 19.5 Å². The van der Waals surface area contributed by atoms with Crippen LogP contribution in [0.15, 0.2) is 158 Å². The van der Waals surface area contributed by atoms with E-state index < -0.39 is 10.0 Å². The number of nitrogens with one attached hydrogen (secondary N) is 3. The van der Waals surface area contributed by atoms with Gasteiger partial charge >= 0.3 is 0 Å². The fourth-order valence-electron chi connectivity index (χ4n) is 7.91. The minimum atomic E-state index is -2.94. The number of sulfonamides is 1. The fraction of sp³-hybridized carbons (Fsp3) is 0.547. The molecule has 3 heterocycles. The molecule has 0 saturated heterocycles. The van der Waals surface area contributed by atoms with Gasteiger partial charge in [0.1, 0.15) is 0 Å². The van der Waals surface area contributed by atoms with Crippen molar-refractivity contribution in [3.05, 3.63) is 186 Å². The van der Waals surface area contributed by atoms with Gasteiger partial charge in [-0.2, -0.15) is 0 Å². The lowest BCUT2D eigenvalue weighted by atomic mass is 9.71. The summed E-state index contributed by atoms with van der Waals surface area (Å²) in [5, 5.41) is 3.15. The summed E-state index contributed by atoms with van der Waals surface area (Å²) in [6, 6.07) is 46.2. The van der Waals surface area contributed by atoms with Crippen LogP contribution in [0.5, 0.6) is 5.88 Å². The van der Waals surface area contributed by atoms with Gasteiger partial charge in [0.25, 0.3) is 11.1 Å². The van der Waals surface area contributed by atoms with E-state index in [0.29, 0.717) is 44.7 Å². The molecule has 0 amide bonds. The standard InChI is InChI=1S/C15H10BrNO.C15H19NO.C12H26O2.C12H18.C9H6BrNO.C8H18.C6H13NO2S.C5H12.4CH4/c16-12-6-3-5-10(8-12)13-9-11-4-1-2-7-14(11)17-15(13)18;1-10(2)13-9-12-7-5-6-8-14(12)16-15(13)17-11(3)4;1-10(2)13-8-12(6,7)9-14-11(3,4)5;1-9(2)11-6-5-7-12(8-11)10(3)4;10-7-5-6-3-1-2-4-8(6)11-9(7)12;1-7(2,3)8(4,5)6;1-5(2)7-10(8,9)6-3-4-6;1-4-5(2)3;;;;/h1-9H,(H,17,18);5-11H,1-4H3;10H,8-9H2,1-7H3;5-10H,1-4H3;1-5H,(H,11,12);1-6H3;5-7H,3-4H2,1-2H3;5H,4H2,1-3H3;4*1H4. The first-order valence-electron chi connectivity index (χ1n) is 34.4. The Morgan fingerprint density at radius 2 is 1.00 bits per heavy atom. The second-order valence-electron chi connectivity index (χ2n) is 30.8. The van der Waals surface area contributed by atoms with Crippen LogP contribution < -0.4 is 20.6 Å². The van der Waals surface area contributed by atoms with Crippen molar-refractivity contribution in [2.24, 2.45) is 22.2 Å². The highest BCUT2D eigenvalue weighted by Gasteiger charge is 2.35. The minimum Gasteiger partial charge on any atom is -0.475 e. The highest BCUT2D eigenvalue weighted by atomic mass is 79.9. The van der Waals surface area contributed by atoms with Gasteiger partial charge in [-0.15, -0.1) is 0 Å². The molecule has 14 heteroatoms. The molecule has 5 aromatic carbocycles. The number of fused-ring (bicyclic) bond motifs is 3. The van der Waals surface area contributed by atoms with E-state index in [0.717, 1.165) is 75.2 Å². The lowest BCUT2D eigenvalue weighted by Crippen LogP contribution is -2.32. The third-order valence-corrected chi connectivity index (χ3v) is 18.9. The monoisotopic (exact) mass is 1530 g/mol. The van der Waals surface area contributed by atoms with Gasteiger partial charge in [-0.3, -0.25) is 9.59 Å². The molecule has 0 unspecified atom stereocenters. The lowest BCUT2D eigenvalue weighted by Gasteiger charge is -2.34. The normalized spacial score (nSPS) is 12.0. The largest absolute Gasteiger partial charge is 0.475 e. The van der Waals surface area contributed by atoms with E-state index in [-0.39, 0.29) is 69.2 Å². The maximum atomic E-state index is 12.1. The zero-order valence-corrected chi connectivity index (χ0v) is 67.4. The van der Waals surface area contributed by atoms with Crippen LogP contribution in [0.2, 0.25) is 0 Å². The molecule has 1 aliphatic carbocycles. The number of aromatic amines is 2. The van der Waals surface area contributed by atoms with Gasteiger partial charge in [0.15, 0.2) is 0 Å². The van der Waals surface area contributed by atoms with Gasteiger partial charge in [0.2, 0.25) is 15.9 Å². The van der Waals surface area contributed by atoms with E-state index in [2.05, 4.69) is 240 Å². The summed E-state index contributed by atoms with van der Waals surface area (Å²) >= 11 is 6.59. The first-order chi connectivity index (χ1) is 44.4.